The monoisotopic (exact) mass is 292 g/mol. The average molecular weight is 292 g/mol. The SMILES string of the molecule is CC(O)(CN=C(N)Nc1ccccc1)CN1CCOCC1. The predicted octanol–water partition coefficient (Wildman–Crippen LogP) is 0.496. The van der Waals surface area contributed by atoms with E-state index in [0.717, 1.165) is 32.0 Å². The number of aliphatic imine (C=N–C) groups is 1. The van der Waals surface area contributed by atoms with Gasteiger partial charge in [0.25, 0.3) is 0 Å². The van der Waals surface area contributed by atoms with E-state index in [1.165, 1.54) is 0 Å². The number of rotatable bonds is 5. The van der Waals surface area contributed by atoms with E-state index in [-0.39, 0.29) is 6.54 Å². The highest BCUT2D eigenvalue weighted by Gasteiger charge is 2.25. The molecule has 1 unspecified atom stereocenters. The summed E-state index contributed by atoms with van der Waals surface area (Å²) in [7, 11) is 0. The van der Waals surface area contributed by atoms with E-state index in [4.69, 9.17) is 10.5 Å². The lowest BCUT2D eigenvalue weighted by molar-refractivity contribution is -0.0179. The molecule has 116 valence electrons. The summed E-state index contributed by atoms with van der Waals surface area (Å²) in [5.74, 6) is 0.309. The average Bonchev–Trinajstić information content (AvgIpc) is 2.47. The molecule has 1 aliphatic rings. The van der Waals surface area contributed by atoms with Crippen molar-refractivity contribution >= 4 is 11.6 Å². The maximum atomic E-state index is 10.4. The van der Waals surface area contributed by atoms with Gasteiger partial charge in [-0.05, 0) is 19.1 Å². The van der Waals surface area contributed by atoms with Crippen LogP contribution < -0.4 is 11.1 Å². The van der Waals surface area contributed by atoms with Gasteiger partial charge >= 0.3 is 0 Å². The summed E-state index contributed by atoms with van der Waals surface area (Å²) < 4.78 is 5.30. The lowest BCUT2D eigenvalue weighted by Gasteiger charge is -2.33. The van der Waals surface area contributed by atoms with Gasteiger partial charge in [0.05, 0.1) is 25.4 Å². The fraction of sp³-hybridized carbons (Fsp3) is 0.533. The topological polar surface area (TPSA) is 83.1 Å². The molecule has 21 heavy (non-hydrogen) atoms. The summed E-state index contributed by atoms with van der Waals surface area (Å²) >= 11 is 0. The Hall–Kier alpha value is -1.63. The number of hydrogen-bond acceptors (Lipinski definition) is 4. The third kappa shape index (κ3) is 5.71. The molecule has 1 aromatic carbocycles. The van der Waals surface area contributed by atoms with Crippen LogP contribution in [-0.2, 0) is 4.74 Å². The maximum Gasteiger partial charge on any atom is 0.193 e. The van der Waals surface area contributed by atoms with Crippen molar-refractivity contribution in [2.24, 2.45) is 10.7 Å². The molecule has 0 aromatic heterocycles. The van der Waals surface area contributed by atoms with E-state index < -0.39 is 5.60 Å². The van der Waals surface area contributed by atoms with Crippen molar-refractivity contribution in [3.63, 3.8) is 0 Å². The van der Waals surface area contributed by atoms with E-state index >= 15 is 0 Å². The van der Waals surface area contributed by atoms with Crippen LogP contribution in [0.1, 0.15) is 6.92 Å². The smallest absolute Gasteiger partial charge is 0.193 e. The molecule has 0 amide bonds. The lowest BCUT2D eigenvalue weighted by atomic mass is 10.1. The summed E-state index contributed by atoms with van der Waals surface area (Å²) in [5, 5.41) is 13.4. The molecule has 0 saturated carbocycles. The lowest BCUT2D eigenvalue weighted by Crippen LogP contribution is -2.47. The van der Waals surface area contributed by atoms with Gasteiger partial charge in [-0.1, -0.05) is 18.2 Å². The molecule has 1 fully saturated rings. The number of morpholine rings is 1. The molecule has 2 rings (SSSR count). The predicted molar refractivity (Wildman–Crippen MR) is 84.4 cm³/mol. The second kappa shape index (κ2) is 7.40. The molecule has 0 bridgehead atoms. The van der Waals surface area contributed by atoms with Crippen molar-refractivity contribution < 1.29 is 9.84 Å². The number of nitrogens with two attached hydrogens (primary N) is 1. The summed E-state index contributed by atoms with van der Waals surface area (Å²) in [6, 6.07) is 9.60. The molecule has 0 spiro atoms. The third-order valence-corrected chi connectivity index (χ3v) is 3.30. The van der Waals surface area contributed by atoms with Gasteiger partial charge in [-0.25, -0.2) is 0 Å². The van der Waals surface area contributed by atoms with Crippen molar-refractivity contribution in [2.45, 2.75) is 12.5 Å². The minimum Gasteiger partial charge on any atom is -0.387 e. The first-order valence-electron chi connectivity index (χ1n) is 7.20. The number of ether oxygens (including phenoxy) is 1. The van der Waals surface area contributed by atoms with E-state index in [2.05, 4.69) is 15.2 Å². The van der Waals surface area contributed by atoms with Gasteiger partial charge in [0, 0.05) is 25.3 Å². The number of nitrogens with zero attached hydrogens (tertiary/aromatic N) is 2. The number of aliphatic hydroxyl groups is 1. The molecule has 6 nitrogen and oxygen atoms in total. The van der Waals surface area contributed by atoms with Crippen molar-refractivity contribution in [1.29, 1.82) is 0 Å². The van der Waals surface area contributed by atoms with E-state index in [1.807, 2.05) is 30.3 Å². The molecule has 4 N–H and O–H groups in total. The first-order chi connectivity index (χ1) is 10.1. The number of nitrogens with one attached hydrogen (secondary N) is 1. The number of hydrogen-bond donors (Lipinski definition) is 3. The Morgan fingerprint density at radius 1 is 1.38 bits per heavy atom. The number of benzene rings is 1. The minimum atomic E-state index is -0.902. The van der Waals surface area contributed by atoms with Crippen LogP contribution in [0.2, 0.25) is 0 Å². The van der Waals surface area contributed by atoms with Gasteiger partial charge in [-0.15, -0.1) is 0 Å². The van der Waals surface area contributed by atoms with Gasteiger partial charge in [0.15, 0.2) is 5.96 Å². The standard InChI is InChI=1S/C15H24N4O2/c1-15(20,12-19-7-9-21-10-8-19)11-17-14(16)18-13-5-3-2-4-6-13/h2-6,20H,7-12H2,1H3,(H3,16,17,18). The molecular weight excluding hydrogens is 268 g/mol. The van der Waals surface area contributed by atoms with Crippen molar-refractivity contribution in [2.75, 3.05) is 44.7 Å². The molecule has 1 saturated heterocycles. The Labute approximate surface area is 125 Å². The molecule has 1 aliphatic heterocycles. The van der Waals surface area contributed by atoms with Crippen LogP contribution in [0, 0.1) is 0 Å². The maximum absolute atomic E-state index is 10.4. The Morgan fingerprint density at radius 3 is 2.71 bits per heavy atom. The van der Waals surface area contributed by atoms with E-state index in [1.54, 1.807) is 6.92 Å². The van der Waals surface area contributed by atoms with Crippen LogP contribution in [0.5, 0.6) is 0 Å². The van der Waals surface area contributed by atoms with Gasteiger partial charge in [0.1, 0.15) is 0 Å². The van der Waals surface area contributed by atoms with Gasteiger partial charge in [-0.2, -0.15) is 0 Å². The quantitative estimate of drug-likeness (QED) is 0.543. The fourth-order valence-corrected chi connectivity index (χ4v) is 2.26. The van der Waals surface area contributed by atoms with Crippen LogP contribution in [0.15, 0.2) is 35.3 Å². The number of para-hydroxylation sites is 1. The zero-order valence-electron chi connectivity index (χ0n) is 12.5. The Morgan fingerprint density at radius 2 is 2.05 bits per heavy atom. The van der Waals surface area contributed by atoms with Crippen LogP contribution in [0.3, 0.4) is 0 Å². The second-order valence-corrected chi connectivity index (χ2v) is 5.58. The second-order valence-electron chi connectivity index (χ2n) is 5.58. The van der Waals surface area contributed by atoms with Crippen LogP contribution >= 0.6 is 0 Å². The summed E-state index contributed by atoms with van der Waals surface area (Å²) in [5.41, 5.74) is 5.82. The van der Waals surface area contributed by atoms with Crippen LogP contribution in [0.4, 0.5) is 5.69 Å². The highest BCUT2D eigenvalue weighted by molar-refractivity contribution is 5.92. The largest absolute Gasteiger partial charge is 0.387 e. The van der Waals surface area contributed by atoms with Crippen molar-refractivity contribution in [3.8, 4) is 0 Å². The summed E-state index contributed by atoms with van der Waals surface area (Å²) in [6.07, 6.45) is 0. The number of guanidine groups is 1. The molecule has 6 heteroatoms. The molecule has 1 atom stereocenters. The van der Waals surface area contributed by atoms with Crippen LogP contribution in [-0.4, -0.2) is 61.0 Å². The highest BCUT2D eigenvalue weighted by Crippen LogP contribution is 2.10. The van der Waals surface area contributed by atoms with Gasteiger partial charge < -0.3 is 20.9 Å². The molecule has 0 radical (unpaired) electrons. The summed E-state index contributed by atoms with van der Waals surface area (Å²) in [4.78, 5) is 6.41. The van der Waals surface area contributed by atoms with Gasteiger partial charge in [0.2, 0.25) is 0 Å². The fourth-order valence-electron chi connectivity index (χ4n) is 2.26. The normalized spacial score (nSPS) is 20.0. The van der Waals surface area contributed by atoms with E-state index in [9.17, 15) is 5.11 Å². The first kappa shape index (κ1) is 15.8. The molecular formula is C15H24N4O2. The number of anilines is 1. The highest BCUT2D eigenvalue weighted by atomic mass is 16.5. The Bertz CT molecular complexity index is 456. The van der Waals surface area contributed by atoms with Crippen LogP contribution in [0.25, 0.3) is 0 Å². The molecule has 1 aromatic rings. The number of β-amino-alcohol motifs (C(OH)–C–C–N with tert-alkyl or cyclic N) is 1. The van der Waals surface area contributed by atoms with E-state index in [0.29, 0.717) is 12.5 Å². The minimum absolute atomic E-state index is 0.260. The Kier molecular flexibility index (Phi) is 5.55. The van der Waals surface area contributed by atoms with Crippen molar-refractivity contribution in [3.05, 3.63) is 30.3 Å². The zero-order chi connectivity index (χ0) is 15.1. The Balaban J connectivity index is 1.82. The zero-order valence-corrected chi connectivity index (χ0v) is 12.5. The third-order valence-electron chi connectivity index (χ3n) is 3.30. The van der Waals surface area contributed by atoms with Crippen molar-refractivity contribution in [1.82, 2.24) is 4.90 Å². The molecule has 1 heterocycles. The summed E-state index contributed by atoms with van der Waals surface area (Å²) in [6.45, 7) is 5.74. The van der Waals surface area contributed by atoms with Gasteiger partial charge in [-0.3, -0.25) is 9.89 Å². The molecule has 0 aliphatic carbocycles. The first-order valence-corrected chi connectivity index (χ1v) is 7.20.